The second kappa shape index (κ2) is 8.16. The fraction of sp³-hybridized carbons (Fsp3) is 0.182. The van der Waals surface area contributed by atoms with Crippen LogP contribution in [0.4, 0.5) is 5.69 Å². The predicted octanol–water partition coefficient (Wildman–Crippen LogP) is 6.31. The zero-order chi connectivity index (χ0) is 20.5. The van der Waals surface area contributed by atoms with Crippen LogP contribution in [0.5, 0.6) is 0 Å². The van der Waals surface area contributed by atoms with Gasteiger partial charge in [-0.3, -0.25) is 4.31 Å². The highest BCUT2D eigenvalue weighted by molar-refractivity contribution is 7.92. The molecule has 0 radical (unpaired) electrons. The molecule has 28 heavy (non-hydrogen) atoms. The summed E-state index contributed by atoms with van der Waals surface area (Å²) < 4.78 is 28.5. The number of rotatable bonds is 5. The van der Waals surface area contributed by atoms with E-state index in [4.69, 9.17) is 23.2 Å². The second-order valence-electron chi connectivity index (χ2n) is 6.81. The maximum atomic E-state index is 13.5. The van der Waals surface area contributed by atoms with Gasteiger partial charge >= 0.3 is 0 Å². The van der Waals surface area contributed by atoms with Crippen LogP contribution >= 0.6 is 23.2 Å². The zero-order valence-corrected chi connectivity index (χ0v) is 18.2. The van der Waals surface area contributed by atoms with Gasteiger partial charge in [-0.1, -0.05) is 64.7 Å². The number of hydrogen-bond donors (Lipinski definition) is 0. The largest absolute Gasteiger partial charge is 0.264 e. The number of nitrogens with zero attached hydrogens (tertiary/aromatic N) is 1. The number of benzene rings is 3. The average Bonchev–Trinajstić information content (AvgIpc) is 2.63. The Morgan fingerprint density at radius 1 is 0.821 bits per heavy atom. The normalized spacial score (nSPS) is 11.5. The van der Waals surface area contributed by atoms with E-state index in [2.05, 4.69) is 0 Å². The van der Waals surface area contributed by atoms with Gasteiger partial charge in [-0.25, -0.2) is 8.42 Å². The van der Waals surface area contributed by atoms with Crippen LogP contribution in [0.1, 0.15) is 22.3 Å². The molecule has 0 aliphatic rings. The molecule has 3 aromatic rings. The predicted molar refractivity (Wildman–Crippen MR) is 117 cm³/mol. The van der Waals surface area contributed by atoms with Crippen LogP contribution in [0.25, 0.3) is 0 Å². The summed E-state index contributed by atoms with van der Waals surface area (Å²) in [5.41, 5.74) is 4.08. The van der Waals surface area contributed by atoms with E-state index in [1.54, 1.807) is 42.5 Å². The molecule has 6 heteroatoms. The molecule has 0 heterocycles. The third kappa shape index (κ3) is 4.19. The monoisotopic (exact) mass is 433 g/mol. The van der Waals surface area contributed by atoms with Crippen molar-refractivity contribution < 1.29 is 8.42 Å². The van der Waals surface area contributed by atoms with E-state index in [1.165, 1.54) is 4.31 Å². The molecule has 0 bridgehead atoms. The standard InChI is InChI=1S/C22H21Cl2NO2S/c1-15-7-10-18(11-8-15)28(26,27)25(22-12-9-16(2)13-17(22)3)14-19-20(23)5-4-6-21(19)24/h4-13H,14H2,1-3H3. The van der Waals surface area contributed by atoms with E-state index < -0.39 is 10.0 Å². The first-order valence-electron chi connectivity index (χ1n) is 8.79. The van der Waals surface area contributed by atoms with E-state index in [9.17, 15) is 8.42 Å². The number of aryl methyl sites for hydroxylation is 3. The molecule has 0 atom stereocenters. The molecular formula is C22H21Cl2NO2S. The van der Waals surface area contributed by atoms with Gasteiger partial charge in [0.15, 0.2) is 0 Å². The molecular weight excluding hydrogens is 413 g/mol. The Labute approximate surface area is 176 Å². The van der Waals surface area contributed by atoms with Crippen molar-refractivity contribution in [2.45, 2.75) is 32.2 Å². The molecule has 0 saturated carbocycles. The van der Waals surface area contributed by atoms with Gasteiger partial charge in [-0.2, -0.15) is 0 Å². The van der Waals surface area contributed by atoms with Crippen LogP contribution in [0.2, 0.25) is 10.0 Å². The second-order valence-corrected chi connectivity index (χ2v) is 9.49. The van der Waals surface area contributed by atoms with Gasteiger partial charge in [0, 0.05) is 15.6 Å². The van der Waals surface area contributed by atoms with Gasteiger partial charge in [0.2, 0.25) is 0 Å². The van der Waals surface area contributed by atoms with Crippen LogP contribution in [-0.4, -0.2) is 8.42 Å². The van der Waals surface area contributed by atoms with Crippen molar-refractivity contribution in [2.75, 3.05) is 4.31 Å². The van der Waals surface area contributed by atoms with Crippen LogP contribution < -0.4 is 4.31 Å². The van der Waals surface area contributed by atoms with E-state index in [0.29, 0.717) is 21.3 Å². The smallest absolute Gasteiger partial charge is 0.262 e. The summed E-state index contributed by atoms with van der Waals surface area (Å²) in [4.78, 5) is 0.223. The minimum Gasteiger partial charge on any atom is -0.262 e. The molecule has 0 unspecified atom stereocenters. The third-order valence-corrected chi connectivity index (χ3v) is 7.08. The fourth-order valence-electron chi connectivity index (χ4n) is 3.05. The molecule has 0 fully saturated rings. The summed E-state index contributed by atoms with van der Waals surface area (Å²) in [6.45, 7) is 5.83. The molecule has 0 spiro atoms. The minimum atomic E-state index is -3.82. The lowest BCUT2D eigenvalue weighted by Gasteiger charge is -2.27. The van der Waals surface area contributed by atoms with E-state index in [-0.39, 0.29) is 11.4 Å². The maximum Gasteiger partial charge on any atom is 0.264 e. The molecule has 0 aliphatic heterocycles. The first-order chi connectivity index (χ1) is 13.2. The highest BCUT2D eigenvalue weighted by atomic mass is 35.5. The molecule has 0 aromatic heterocycles. The van der Waals surface area contributed by atoms with Crippen molar-refractivity contribution in [1.29, 1.82) is 0 Å². The van der Waals surface area contributed by atoms with Gasteiger partial charge in [0.05, 0.1) is 17.1 Å². The molecule has 0 saturated heterocycles. The summed E-state index contributed by atoms with van der Waals surface area (Å²) in [6.07, 6.45) is 0. The number of hydrogen-bond acceptors (Lipinski definition) is 2. The van der Waals surface area contributed by atoms with Crippen molar-refractivity contribution in [3.63, 3.8) is 0 Å². The Bertz CT molecular complexity index is 1090. The Morgan fingerprint density at radius 3 is 1.96 bits per heavy atom. The molecule has 3 rings (SSSR count). The lowest BCUT2D eigenvalue weighted by Crippen LogP contribution is -2.31. The van der Waals surface area contributed by atoms with E-state index in [0.717, 1.165) is 16.7 Å². The summed E-state index contributed by atoms with van der Waals surface area (Å²) in [5, 5.41) is 0.864. The molecule has 3 nitrogen and oxygen atoms in total. The Morgan fingerprint density at radius 2 is 1.39 bits per heavy atom. The average molecular weight is 434 g/mol. The molecule has 146 valence electrons. The van der Waals surface area contributed by atoms with E-state index in [1.807, 2.05) is 39.0 Å². The quantitative estimate of drug-likeness (QED) is 0.472. The lowest BCUT2D eigenvalue weighted by atomic mass is 10.1. The van der Waals surface area contributed by atoms with Crippen molar-refractivity contribution in [2.24, 2.45) is 0 Å². The third-order valence-electron chi connectivity index (χ3n) is 4.59. The summed E-state index contributed by atoms with van der Waals surface area (Å²) >= 11 is 12.7. The Hall–Kier alpha value is -2.01. The summed E-state index contributed by atoms with van der Waals surface area (Å²) in [7, 11) is -3.82. The highest BCUT2D eigenvalue weighted by Gasteiger charge is 2.27. The van der Waals surface area contributed by atoms with Crippen molar-refractivity contribution in [3.05, 3.63) is 93.0 Å². The number of halogens is 2. The molecule has 3 aromatic carbocycles. The van der Waals surface area contributed by atoms with Gasteiger partial charge in [0.1, 0.15) is 0 Å². The van der Waals surface area contributed by atoms with Gasteiger partial charge < -0.3 is 0 Å². The SMILES string of the molecule is Cc1ccc(S(=O)(=O)N(Cc2c(Cl)cccc2Cl)c2ccc(C)cc2C)cc1. The first-order valence-corrected chi connectivity index (χ1v) is 11.0. The molecule has 0 aliphatic carbocycles. The Kier molecular flexibility index (Phi) is 6.04. The molecule has 0 N–H and O–H groups in total. The van der Waals surface area contributed by atoms with Crippen LogP contribution in [0.15, 0.2) is 65.6 Å². The van der Waals surface area contributed by atoms with Gasteiger partial charge in [0.25, 0.3) is 10.0 Å². The number of sulfonamides is 1. The maximum absolute atomic E-state index is 13.5. The first kappa shape index (κ1) is 20.7. The van der Waals surface area contributed by atoms with Gasteiger partial charge in [-0.15, -0.1) is 0 Å². The van der Waals surface area contributed by atoms with Crippen LogP contribution in [-0.2, 0) is 16.6 Å². The van der Waals surface area contributed by atoms with Crippen molar-refractivity contribution in [1.82, 2.24) is 0 Å². The Balaban J connectivity index is 2.18. The summed E-state index contributed by atoms with van der Waals surface area (Å²) in [6, 6.07) is 17.7. The van der Waals surface area contributed by atoms with Gasteiger partial charge in [-0.05, 0) is 56.7 Å². The van der Waals surface area contributed by atoms with Crippen molar-refractivity contribution >= 4 is 38.9 Å². The minimum absolute atomic E-state index is 0.0403. The van der Waals surface area contributed by atoms with Crippen molar-refractivity contribution in [3.8, 4) is 0 Å². The van der Waals surface area contributed by atoms with E-state index >= 15 is 0 Å². The highest BCUT2D eigenvalue weighted by Crippen LogP contribution is 2.33. The van der Waals surface area contributed by atoms with Crippen LogP contribution in [0.3, 0.4) is 0 Å². The van der Waals surface area contributed by atoms with Crippen LogP contribution in [0, 0.1) is 20.8 Å². The number of anilines is 1. The molecule has 0 amide bonds. The zero-order valence-electron chi connectivity index (χ0n) is 15.9. The fourth-order valence-corrected chi connectivity index (χ4v) is 5.06. The lowest BCUT2D eigenvalue weighted by molar-refractivity contribution is 0.590. The topological polar surface area (TPSA) is 37.4 Å². The summed E-state index contributed by atoms with van der Waals surface area (Å²) in [5.74, 6) is 0.